The topological polar surface area (TPSA) is 58.6 Å². The maximum Gasteiger partial charge on any atom is 0.242 e. The Morgan fingerprint density at radius 3 is 2.58 bits per heavy atom. The highest BCUT2D eigenvalue weighted by molar-refractivity contribution is 7.99. The lowest BCUT2D eigenvalue weighted by Crippen LogP contribution is -2.49. The predicted octanol–water partition coefficient (Wildman–Crippen LogP) is 4.65. The van der Waals surface area contributed by atoms with E-state index in [0.717, 1.165) is 41.9 Å². The van der Waals surface area contributed by atoms with Crippen LogP contribution in [0.3, 0.4) is 0 Å². The number of nitrogens with one attached hydrogen (secondary N) is 1. The lowest BCUT2D eigenvalue weighted by Gasteiger charge is -2.30. The zero-order valence-electron chi connectivity index (χ0n) is 18.4. The number of rotatable bonds is 10. The highest BCUT2D eigenvalue weighted by Crippen LogP contribution is 2.22. The van der Waals surface area contributed by atoms with Gasteiger partial charge in [-0.1, -0.05) is 43.2 Å². The molecule has 0 bridgehead atoms. The first-order valence-corrected chi connectivity index (χ1v) is 12.0. The molecule has 6 heteroatoms. The SMILES string of the molecule is COc1cccc(CN(C(=O)CCSc2ccccc2)C(C)C(=O)NC2CCCC2)c1. The fourth-order valence-electron chi connectivity index (χ4n) is 3.86. The van der Waals surface area contributed by atoms with Crippen molar-refractivity contribution in [1.82, 2.24) is 10.2 Å². The molecular formula is C25H32N2O3S. The zero-order chi connectivity index (χ0) is 22.1. The summed E-state index contributed by atoms with van der Waals surface area (Å²) in [5.74, 6) is 1.33. The normalized spacial score (nSPS) is 14.8. The summed E-state index contributed by atoms with van der Waals surface area (Å²) < 4.78 is 5.32. The van der Waals surface area contributed by atoms with Crippen LogP contribution in [0, 0.1) is 0 Å². The van der Waals surface area contributed by atoms with Crippen LogP contribution in [0.5, 0.6) is 5.75 Å². The number of carbonyl (C=O) groups excluding carboxylic acids is 2. The van der Waals surface area contributed by atoms with Gasteiger partial charge in [0.25, 0.3) is 0 Å². The molecule has 2 amide bonds. The number of methoxy groups -OCH3 is 1. The molecule has 1 atom stereocenters. The average molecular weight is 441 g/mol. The van der Waals surface area contributed by atoms with E-state index in [-0.39, 0.29) is 17.9 Å². The van der Waals surface area contributed by atoms with E-state index in [0.29, 0.717) is 18.7 Å². The molecule has 2 aromatic carbocycles. The third kappa shape index (κ3) is 7.03. The van der Waals surface area contributed by atoms with Crippen LogP contribution in [-0.2, 0) is 16.1 Å². The molecule has 5 nitrogen and oxygen atoms in total. The lowest BCUT2D eigenvalue weighted by atomic mass is 10.1. The Morgan fingerprint density at radius 2 is 1.87 bits per heavy atom. The number of hydrogen-bond acceptors (Lipinski definition) is 4. The van der Waals surface area contributed by atoms with Crippen molar-refractivity contribution in [3.63, 3.8) is 0 Å². The van der Waals surface area contributed by atoms with Crippen molar-refractivity contribution < 1.29 is 14.3 Å². The second kappa shape index (κ2) is 11.8. The van der Waals surface area contributed by atoms with Gasteiger partial charge >= 0.3 is 0 Å². The van der Waals surface area contributed by atoms with E-state index in [9.17, 15) is 9.59 Å². The van der Waals surface area contributed by atoms with Crippen LogP contribution < -0.4 is 10.1 Å². The largest absolute Gasteiger partial charge is 0.497 e. The van der Waals surface area contributed by atoms with Gasteiger partial charge in [0.15, 0.2) is 0 Å². The average Bonchev–Trinajstić information content (AvgIpc) is 3.30. The molecule has 0 saturated heterocycles. The van der Waals surface area contributed by atoms with Crippen LogP contribution in [-0.4, -0.2) is 41.7 Å². The van der Waals surface area contributed by atoms with Gasteiger partial charge in [-0.05, 0) is 49.6 Å². The first-order valence-electron chi connectivity index (χ1n) is 11.0. The van der Waals surface area contributed by atoms with E-state index in [4.69, 9.17) is 4.74 Å². The van der Waals surface area contributed by atoms with Crippen LogP contribution in [0.1, 0.15) is 44.6 Å². The molecule has 1 aliphatic carbocycles. The second-order valence-corrected chi connectivity index (χ2v) is 9.12. The summed E-state index contributed by atoms with van der Waals surface area (Å²) in [5, 5.41) is 3.14. The summed E-state index contributed by atoms with van der Waals surface area (Å²) in [4.78, 5) is 28.9. The molecule has 1 unspecified atom stereocenters. The van der Waals surface area contributed by atoms with Gasteiger partial charge in [-0.15, -0.1) is 11.8 Å². The second-order valence-electron chi connectivity index (χ2n) is 7.95. The van der Waals surface area contributed by atoms with E-state index in [2.05, 4.69) is 5.32 Å². The Balaban J connectivity index is 1.67. The van der Waals surface area contributed by atoms with Gasteiger partial charge in [0.05, 0.1) is 7.11 Å². The third-order valence-electron chi connectivity index (χ3n) is 5.68. The monoisotopic (exact) mass is 440 g/mol. The standard InChI is InChI=1S/C25H32N2O3S/c1-19(25(29)26-21-10-6-7-11-21)27(18-20-9-8-12-22(17-20)30-2)24(28)15-16-31-23-13-4-3-5-14-23/h3-5,8-9,12-14,17,19,21H,6-7,10-11,15-16,18H2,1-2H3,(H,26,29). The number of ether oxygens (including phenoxy) is 1. The predicted molar refractivity (Wildman–Crippen MR) is 125 cm³/mol. The third-order valence-corrected chi connectivity index (χ3v) is 6.70. The highest BCUT2D eigenvalue weighted by Gasteiger charge is 2.28. The maximum absolute atomic E-state index is 13.2. The molecule has 1 aliphatic rings. The number of thioether (sulfide) groups is 1. The molecule has 0 aromatic heterocycles. The van der Waals surface area contributed by atoms with Crippen molar-refractivity contribution in [2.45, 2.75) is 62.6 Å². The Bertz CT molecular complexity index is 853. The van der Waals surface area contributed by atoms with E-state index in [1.807, 2.05) is 61.5 Å². The van der Waals surface area contributed by atoms with Gasteiger partial charge in [-0.25, -0.2) is 0 Å². The van der Waals surface area contributed by atoms with E-state index < -0.39 is 6.04 Å². The first kappa shape index (κ1) is 23.2. The van der Waals surface area contributed by atoms with Gasteiger partial charge in [0.1, 0.15) is 11.8 Å². The van der Waals surface area contributed by atoms with Crippen molar-refractivity contribution >= 4 is 23.6 Å². The molecule has 0 radical (unpaired) electrons. The fourth-order valence-corrected chi connectivity index (χ4v) is 4.72. The maximum atomic E-state index is 13.2. The smallest absolute Gasteiger partial charge is 0.242 e. The number of amides is 2. The fraction of sp³-hybridized carbons (Fsp3) is 0.440. The summed E-state index contributed by atoms with van der Waals surface area (Å²) in [6.07, 6.45) is 4.74. The van der Waals surface area contributed by atoms with Crippen LogP contribution >= 0.6 is 11.8 Å². The summed E-state index contributed by atoms with van der Waals surface area (Å²) in [6.45, 7) is 2.21. The molecule has 1 N–H and O–H groups in total. The quantitative estimate of drug-likeness (QED) is 0.546. The molecule has 0 aliphatic heterocycles. The van der Waals surface area contributed by atoms with Gasteiger partial charge in [0.2, 0.25) is 11.8 Å². The van der Waals surface area contributed by atoms with Crippen molar-refractivity contribution in [1.29, 1.82) is 0 Å². The number of benzene rings is 2. The van der Waals surface area contributed by atoms with Crippen LogP contribution in [0.25, 0.3) is 0 Å². The molecule has 2 aromatic rings. The molecule has 166 valence electrons. The van der Waals surface area contributed by atoms with Crippen molar-refractivity contribution in [2.75, 3.05) is 12.9 Å². The summed E-state index contributed by atoms with van der Waals surface area (Å²) >= 11 is 1.66. The van der Waals surface area contributed by atoms with Crippen LogP contribution in [0.4, 0.5) is 0 Å². The Morgan fingerprint density at radius 1 is 1.13 bits per heavy atom. The van der Waals surface area contributed by atoms with Gasteiger partial charge in [-0.2, -0.15) is 0 Å². The molecule has 31 heavy (non-hydrogen) atoms. The van der Waals surface area contributed by atoms with E-state index in [1.165, 1.54) is 0 Å². The first-order chi connectivity index (χ1) is 15.1. The van der Waals surface area contributed by atoms with E-state index in [1.54, 1.807) is 23.8 Å². The number of nitrogens with zero attached hydrogens (tertiary/aromatic N) is 1. The molecule has 1 saturated carbocycles. The molecule has 1 fully saturated rings. The molecule has 3 rings (SSSR count). The van der Waals surface area contributed by atoms with Crippen molar-refractivity contribution in [2.24, 2.45) is 0 Å². The summed E-state index contributed by atoms with van der Waals surface area (Å²) in [6, 6.07) is 17.4. The van der Waals surface area contributed by atoms with Gasteiger partial charge < -0.3 is 15.0 Å². The molecule has 0 heterocycles. The summed E-state index contributed by atoms with van der Waals surface area (Å²) in [5.41, 5.74) is 0.948. The van der Waals surface area contributed by atoms with E-state index >= 15 is 0 Å². The minimum absolute atomic E-state index is 0.0136. The molecular weight excluding hydrogens is 408 g/mol. The van der Waals surface area contributed by atoms with Crippen molar-refractivity contribution in [3.8, 4) is 5.75 Å². The van der Waals surface area contributed by atoms with Crippen molar-refractivity contribution in [3.05, 3.63) is 60.2 Å². The van der Waals surface area contributed by atoms with Gasteiger partial charge in [-0.3, -0.25) is 9.59 Å². The van der Waals surface area contributed by atoms with Crippen LogP contribution in [0.2, 0.25) is 0 Å². The molecule has 0 spiro atoms. The minimum Gasteiger partial charge on any atom is -0.497 e. The lowest BCUT2D eigenvalue weighted by molar-refractivity contribution is -0.140. The number of hydrogen-bond donors (Lipinski definition) is 1. The zero-order valence-corrected chi connectivity index (χ0v) is 19.2. The Kier molecular flexibility index (Phi) is 8.83. The summed E-state index contributed by atoms with van der Waals surface area (Å²) in [7, 11) is 1.63. The Labute approximate surface area is 189 Å². The highest BCUT2D eigenvalue weighted by atomic mass is 32.2. The van der Waals surface area contributed by atoms with Crippen LogP contribution in [0.15, 0.2) is 59.5 Å². The van der Waals surface area contributed by atoms with Gasteiger partial charge in [0, 0.05) is 29.7 Å². The minimum atomic E-state index is -0.527. The Hall–Kier alpha value is -2.47. The number of carbonyl (C=O) groups is 2.